The highest BCUT2D eigenvalue weighted by Crippen LogP contribution is 2.32. The number of nitrogens with two attached hydrogens (primary N) is 1. The lowest BCUT2D eigenvalue weighted by molar-refractivity contribution is 0.145. The Morgan fingerprint density at radius 1 is 1.08 bits per heavy atom. The second-order valence-corrected chi connectivity index (χ2v) is 7.15. The van der Waals surface area contributed by atoms with Crippen molar-refractivity contribution in [3.05, 3.63) is 65.3 Å². The van der Waals surface area contributed by atoms with E-state index < -0.39 is 22.1 Å². The summed E-state index contributed by atoms with van der Waals surface area (Å²) in [4.78, 5) is -0.175. The quantitative estimate of drug-likeness (QED) is 0.744. The largest absolute Gasteiger partial charge is 0.282 e. The maximum Gasteiger partial charge on any atom is 0.282 e. The topological polar surface area (TPSA) is 78.0 Å². The monoisotopic (exact) mass is 383 g/mol. The van der Waals surface area contributed by atoms with Crippen molar-refractivity contribution in [3.63, 3.8) is 0 Å². The molecule has 9 heteroatoms. The van der Waals surface area contributed by atoms with Crippen LogP contribution >= 0.6 is 11.6 Å². The third-order valence-electron chi connectivity index (χ3n) is 3.49. The van der Waals surface area contributed by atoms with Gasteiger partial charge in [0.15, 0.2) is 0 Å². The van der Waals surface area contributed by atoms with Crippen LogP contribution in [0.25, 0.3) is 16.9 Å². The fraction of sp³-hybridized carbons (Fsp3) is 0.0625. The molecule has 3 rings (SSSR count). The van der Waals surface area contributed by atoms with Crippen molar-refractivity contribution < 1.29 is 17.2 Å². The van der Waals surface area contributed by atoms with Crippen molar-refractivity contribution in [3.8, 4) is 16.9 Å². The predicted molar refractivity (Wildman–Crippen MR) is 90.3 cm³/mol. The number of primary sulfonamides is 1. The molecule has 0 radical (unpaired) electrons. The van der Waals surface area contributed by atoms with Crippen molar-refractivity contribution in [1.82, 2.24) is 9.78 Å². The van der Waals surface area contributed by atoms with Gasteiger partial charge in [0.05, 0.1) is 16.3 Å². The van der Waals surface area contributed by atoms with Gasteiger partial charge in [0, 0.05) is 10.6 Å². The van der Waals surface area contributed by atoms with Gasteiger partial charge in [-0.25, -0.2) is 27.0 Å². The molecule has 0 amide bonds. The Hall–Kier alpha value is -2.29. The summed E-state index contributed by atoms with van der Waals surface area (Å²) in [6, 6.07) is 13.4. The summed E-state index contributed by atoms with van der Waals surface area (Å²) in [6.45, 7) is 0. The number of alkyl halides is 2. The number of hydrogen-bond acceptors (Lipinski definition) is 3. The van der Waals surface area contributed by atoms with Crippen molar-refractivity contribution in [2.75, 3.05) is 0 Å². The van der Waals surface area contributed by atoms with Crippen LogP contribution < -0.4 is 5.14 Å². The molecule has 3 aromatic rings. The molecule has 5 nitrogen and oxygen atoms in total. The van der Waals surface area contributed by atoms with Gasteiger partial charge in [0.1, 0.15) is 5.69 Å². The van der Waals surface area contributed by atoms with Gasteiger partial charge < -0.3 is 0 Å². The minimum atomic E-state index is -4.05. The van der Waals surface area contributed by atoms with Gasteiger partial charge in [0.25, 0.3) is 6.43 Å². The Labute approximate surface area is 147 Å². The number of nitrogens with zero attached hydrogens (tertiary/aromatic N) is 2. The standard InChI is InChI=1S/C16H12ClF2N3O2S/c17-10-5-7-11(8-6-10)22-14(9-13(21-22)16(18)19)12-3-1-2-4-15(12)25(20,23)24/h1-9,16H,(H2,20,23,24). The lowest BCUT2D eigenvalue weighted by atomic mass is 10.1. The Morgan fingerprint density at radius 3 is 2.32 bits per heavy atom. The van der Waals surface area contributed by atoms with Gasteiger partial charge in [-0.1, -0.05) is 29.8 Å². The normalized spacial score (nSPS) is 11.9. The molecule has 1 heterocycles. The van der Waals surface area contributed by atoms with Gasteiger partial charge in [-0.2, -0.15) is 5.10 Å². The van der Waals surface area contributed by atoms with E-state index in [1.807, 2.05) is 0 Å². The molecule has 0 aliphatic rings. The maximum atomic E-state index is 13.2. The first-order valence-corrected chi connectivity index (χ1v) is 8.96. The minimum absolute atomic E-state index is 0.175. The lowest BCUT2D eigenvalue weighted by Crippen LogP contribution is -2.14. The molecule has 0 unspecified atom stereocenters. The SMILES string of the molecule is NS(=O)(=O)c1ccccc1-c1cc(C(F)F)nn1-c1ccc(Cl)cc1. The van der Waals surface area contributed by atoms with Crippen molar-refractivity contribution >= 4 is 21.6 Å². The van der Waals surface area contributed by atoms with Crippen LogP contribution in [0.5, 0.6) is 0 Å². The molecule has 0 fully saturated rings. The van der Waals surface area contributed by atoms with Gasteiger partial charge in [-0.15, -0.1) is 0 Å². The van der Waals surface area contributed by atoms with Gasteiger partial charge in [-0.05, 0) is 36.4 Å². The van der Waals surface area contributed by atoms with Crippen LogP contribution in [0.4, 0.5) is 8.78 Å². The minimum Gasteiger partial charge on any atom is -0.233 e. The van der Waals surface area contributed by atoms with Crippen LogP contribution in [0.1, 0.15) is 12.1 Å². The van der Waals surface area contributed by atoms with E-state index in [1.165, 1.54) is 22.9 Å². The molecule has 0 saturated carbocycles. The fourth-order valence-corrected chi connectivity index (χ4v) is 3.28. The van der Waals surface area contributed by atoms with Gasteiger partial charge in [-0.3, -0.25) is 0 Å². The highest BCUT2D eigenvalue weighted by atomic mass is 35.5. The predicted octanol–water partition coefficient (Wildman–Crippen LogP) is 3.78. The summed E-state index contributed by atoms with van der Waals surface area (Å²) < 4.78 is 51.2. The third kappa shape index (κ3) is 3.55. The number of hydrogen-bond donors (Lipinski definition) is 1. The first kappa shape index (κ1) is 17.5. The van der Waals surface area contributed by atoms with E-state index in [9.17, 15) is 17.2 Å². The van der Waals surface area contributed by atoms with Crippen molar-refractivity contribution in [1.29, 1.82) is 0 Å². The fourth-order valence-electron chi connectivity index (χ4n) is 2.40. The van der Waals surface area contributed by atoms with E-state index >= 15 is 0 Å². The average Bonchev–Trinajstić information content (AvgIpc) is 3.00. The van der Waals surface area contributed by atoms with E-state index in [4.69, 9.17) is 16.7 Å². The lowest BCUT2D eigenvalue weighted by Gasteiger charge is -2.11. The molecule has 25 heavy (non-hydrogen) atoms. The second kappa shape index (κ2) is 6.55. The zero-order valence-corrected chi connectivity index (χ0v) is 14.2. The summed E-state index contributed by atoms with van der Waals surface area (Å²) in [6.07, 6.45) is -2.81. The van der Waals surface area contributed by atoms with Crippen LogP contribution in [-0.2, 0) is 10.0 Å². The van der Waals surface area contributed by atoms with Crippen molar-refractivity contribution in [2.24, 2.45) is 5.14 Å². The molecule has 0 aliphatic heterocycles. The van der Waals surface area contributed by atoms with Crippen LogP contribution in [-0.4, -0.2) is 18.2 Å². The van der Waals surface area contributed by atoms with Crippen LogP contribution in [0.3, 0.4) is 0 Å². The zero-order valence-electron chi connectivity index (χ0n) is 12.6. The summed E-state index contributed by atoms with van der Waals surface area (Å²) in [5, 5.41) is 9.61. The van der Waals surface area contributed by atoms with Crippen LogP contribution in [0.2, 0.25) is 5.02 Å². The average molecular weight is 384 g/mol. The summed E-state index contributed by atoms with van der Waals surface area (Å²) in [5.74, 6) is 0. The Kier molecular flexibility index (Phi) is 4.59. The highest BCUT2D eigenvalue weighted by Gasteiger charge is 2.22. The number of aromatic nitrogens is 2. The molecule has 0 spiro atoms. The summed E-state index contributed by atoms with van der Waals surface area (Å²) in [7, 11) is -4.05. The molecule has 1 aromatic heterocycles. The Balaban J connectivity index is 2.28. The molecular weight excluding hydrogens is 372 g/mol. The molecular formula is C16H12ClF2N3O2S. The van der Waals surface area contributed by atoms with E-state index in [2.05, 4.69) is 5.10 Å². The van der Waals surface area contributed by atoms with E-state index in [-0.39, 0.29) is 16.2 Å². The van der Waals surface area contributed by atoms with E-state index in [1.54, 1.807) is 30.3 Å². The van der Waals surface area contributed by atoms with Crippen molar-refractivity contribution in [2.45, 2.75) is 11.3 Å². The molecule has 2 aromatic carbocycles. The number of rotatable bonds is 4. The molecule has 2 N–H and O–H groups in total. The maximum absolute atomic E-state index is 13.2. The van der Waals surface area contributed by atoms with E-state index in [0.29, 0.717) is 10.7 Å². The molecule has 0 bridgehead atoms. The molecule has 0 atom stereocenters. The molecule has 0 aliphatic carbocycles. The highest BCUT2D eigenvalue weighted by molar-refractivity contribution is 7.89. The molecule has 130 valence electrons. The second-order valence-electron chi connectivity index (χ2n) is 5.18. The number of benzene rings is 2. The van der Waals surface area contributed by atoms with Gasteiger partial charge in [0.2, 0.25) is 10.0 Å². The van der Waals surface area contributed by atoms with Crippen LogP contribution in [0.15, 0.2) is 59.5 Å². The third-order valence-corrected chi connectivity index (χ3v) is 4.71. The van der Waals surface area contributed by atoms with Crippen LogP contribution in [0, 0.1) is 0 Å². The number of sulfonamides is 1. The first-order valence-electron chi connectivity index (χ1n) is 7.03. The zero-order chi connectivity index (χ0) is 18.2. The Bertz CT molecular complexity index is 1020. The number of halogens is 3. The Morgan fingerprint density at radius 2 is 1.72 bits per heavy atom. The first-order chi connectivity index (χ1) is 11.8. The molecule has 0 saturated heterocycles. The van der Waals surface area contributed by atoms with E-state index in [0.717, 1.165) is 6.07 Å². The summed E-state index contributed by atoms with van der Waals surface area (Å²) >= 11 is 5.85. The van der Waals surface area contributed by atoms with Gasteiger partial charge >= 0.3 is 0 Å². The summed E-state index contributed by atoms with van der Waals surface area (Å²) in [5.41, 5.74) is 0.339. The smallest absolute Gasteiger partial charge is 0.233 e.